The number of rotatable bonds is 6. The van der Waals surface area contributed by atoms with Crippen molar-refractivity contribution in [1.82, 2.24) is 14.7 Å². The summed E-state index contributed by atoms with van der Waals surface area (Å²) in [5.74, 6) is 0. The summed E-state index contributed by atoms with van der Waals surface area (Å²) >= 11 is 0. The van der Waals surface area contributed by atoms with Crippen LogP contribution in [0.4, 0.5) is 0 Å². The fourth-order valence-corrected chi connectivity index (χ4v) is 3.56. The average molecular weight is 285 g/mol. The Kier molecular flexibility index (Phi) is 6.71. The molecule has 0 bridgehead atoms. The Bertz CT molecular complexity index is 240. The molecule has 0 spiro atoms. The Hall–Kier alpha value is -0.200. The Labute approximate surface area is 123 Å². The Morgan fingerprint density at radius 3 is 1.45 bits per heavy atom. The van der Waals surface area contributed by atoms with Gasteiger partial charge in [-0.25, -0.2) is 0 Å². The molecule has 118 valence electrons. The average Bonchev–Trinajstić information content (AvgIpc) is 2.51. The molecule has 2 fully saturated rings. The molecule has 20 heavy (non-hydrogen) atoms. The van der Waals surface area contributed by atoms with Gasteiger partial charge in [0.25, 0.3) is 0 Å². The largest absolute Gasteiger partial charge is 0.379 e. The van der Waals surface area contributed by atoms with Crippen molar-refractivity contribution >= 4 is 0 Å². The lowest BCUT2D eigenvalue weighted by molar-refractivity contribution is -0.0881. The number of hydrogen-bond acceptors (Lipinski definition) is 5. The third-order valence-electron chi connectivity index (χ3n) is 4.60. The topological polar surface area (TPSA) is 28.2 Å². The van der Waals surface area contributed by atoms with E-state index in [-0.39, 0.29) is 0 Å². The van der Waals surface area contributed by atoms with E-state index in [9.17, 15) is 0 Å². The lowest BCUT2D eigenvalue weighted by Crippen LogP contribution is -2.59. The van der Waals surface area contributed by atoms with Gasteiger partial charge in [-0.05, 0) is 19.9 Å². The van der Waals surface area contributed by atoms with Gasteiger partial charge in [0.2, 0.25) is 0 Å². The quantitative estimate of drug-likeness (QED) is 0.727. The maximum atomic E-state index is 5.49. The molecule has 5 heteroatoms. The van der Waals surface area contributed by atoms with Crippen molar-refractivity contribution in [3.05, 3.63) is 0 Å². The smallest absolute Gasteiger partial charge is 0.0631 e. The fraction of sp³-hybridized carbons (Fsp3) is 1.00. The predicted octanol–water partition coefficient (Wildman–Crippen LogP) is 1.05. The summed E-state index contributed by atoms with van der Waals surface area (Å²) < 4.78 is 11.0. The zero-order valence-corrected chi connectivity index (χ0v) is 13.4. The molecular weight excluding hydrogens is 254 g/mol. The van der Waals surface area contributed by atoms with Gasteiger partial charge in [-0.1, -0.05) is 13.8 Å². The van der Waals surface area contributed by atoms with Gasteiger partial charge in [0.1, 0.15) is 0 Å². The summed E-state index contributed by atoms with van der Waals surface area (Å²) in [6, 6.07) is 0. The van der Waals surface area contributed by atoms with Crippen LogP contribution in [-0.4, -0.2) is 86.7 Å². The Morgan fingerprint density at radius 1 is 0.800 bits per heavy atom. The van der Waals surface area contributed by atoms with Crippen LogP contribution in [0.2, 0.25) is 0 Å². The van der Waals surface area contributed by atoms with Crippen LogP contribution in [0.15, 0.2) is 0 Å². The molecule has 2 rings (SSSR count). The summed E-state index contributed by atoms with van der Waals surface area (Å²) in [5, 5.41) is 0. The maximum absolute atomic E-state index is 5.49. The Balaban J connectivity index is 1.98. The van der Waals surface area contributed by atoms with Gasteiger partial charge >= 0.3 is 0 Å². The Morgan fingerprint density at radius 2 is 1.15 bits per heavy atom. The van der Waals surface area contributed by atoms with E-state index in [2.05, 4.69) is 35.6 Å². The van der Waals surface area contributed by atoms with E-state index >= 15 is 0 Å². The van der Waals surface area contributed by atoms with Crippen LogP contribution < -0.4 is 0 Å². The highest BCUT2D eigenvalue weighted by Crippen LogP contribution is 2.19. The molecule has 2 unspecified atom stereocenters. The van der Waals surface area contributed by atoms with Crippen LogP contribution in [0.3, 0.4) is 0 Å². The van der Waals surface area contributed by atoms with Crippen molar-refractivity contribution in [2.45, 2.75) is 39.0 Å². The lowest BCUT2D eigenvalue weighted by atomic mass is 10.2. The monoisotopic (exact) mass is 285 g/mol. The highest BCUT2D eigenvalue weighted by Gasteiger charge is 2.30. The molecule has 0 aliphatic carbocycles. The molecule has 0 amide bonds. The van der Waals surface area contributed by atoms with E-state index in [1.165, 1.54) is 0 Å². The van der Waals surface area contributed by atoms with Crippen LogP contribution in [-0.2, 0) is 9.47 Å². The number of ether oxygens (including phenoxy) is 2. The summed E-state index contributed by atoms with van der Waals surface area (Å²) in [7, 11) is 2.28. The van der Waals surface area contributed by atoms with Crippen molar-refractivity contribution in [3.8, 4) is 0 Å². The molecule has 0 saturated carbocycles. The molecule has 2 aliphatic heterocycles. The summed E-state index contributed by atoms with van der Waals surface area (Å²) in [6.07, 6.45) is 3.37. The first-order chi connectivity index (χ1) is 9.77. The van der Waals surface area contributed by atoms with Gasteiger partial charge in [-0.3, -0.25) is 14.7 Å². The number of nitrogens with zero attached hydrogens (tertiary/aromatic N) is 3. The summed E-state index contributed by atoms with van der Waals surface area (Å²) in [5.41, 5.74) is 0. The van der Waals surface area contributed by atoms with Crippen molar-refractivity contribution in [1.29, 1.82) is 0 Å². The van der Waals surface area contributed by atoms with Crippen molar-refractivity contribution < 1.29 is 9.47 Å². The standard InChI is InChI=1S/C15H31N3O2/c1-4-14(17-6-10-19-11-7-17)16(3)15(5-2)18-8-12-20-13-9-18/h14-15H,4-13H2,1-3H3. The van der Waals surface area contributed by atoms with Gasteiger partial charge in [-0.15, -0.1) is 0 Å². The second-order valence-corrected chi connectivity index (χ2v) is 5.74. The molecule has 0 N–H and O–H groups in total. The first kappa shape index (κ1) is 16.2. The van der Waals surface area contributed by atoms with Gasteiger partial charge in [0.05, 0.1) is 38.8 Å². The molecule has 2 heterocycles. The molecular formula is C15H31N3O2. The minimum absolute atomic E-state index is 0.520. The van der Waals surface area contributed by atoms with Crippen molar-refractivity contribution in [3.63, 3.8) is 0 Å². The first-order valence-corrected chi connectivity index (χ1v) is 8.13. The van der Waals surface area contributed by atoms with Crippen LogP contribution in [0, 0.1) is 0 Å². The maximum Gasteiger partial charge on any atom is 0.0631 e. The third-order valence-corrected chi connectivity index (χ3v) is 4.60. The summed E-state index contributed by atoms with van der Waals surface area (Å²) in [6.45, 7) is 12.3. The first-order valence-electron chi connectivity index (χ1n) is 8.13. The molecule has 0 aromatic heterocycles. The molecule has 0 aromatic rings. The highest BCUT2D eigenvalue weighted by atomic mass is 16.5. The molecule has 0 radical (unpaired) electrons. The van der Waals surface area contributed by atoms with Crippen molar-refractivity contribution in [2.24, 2.45) is 0 Å². The van der Waals surface area contributed by atoms with E-state index in [0.717, 1.165) is 65.4 Å². The second kappa shape index (κ2) is 8.29. The van der Waals surface area contributed by atoms with Crippen LogP contribution in [0.5, 0.6) is 0 Å². The SMILES string of the molecule is CCC(N1CCOCC1)N(C)C(CC)N1CCOCC1. The van der Waals surface area contributed by atoms with Gasteiger partial charge in [0, 0.05) is 26.2 Å². The van der Waals surface area contributed by atoms with E-state index in [1.807, 2.05) is 0 Å². The van der Waals surface area contributed by atoms with E-state index < -0.39 is 0 Å². The zero-order valence-electron chi connectivity index (χ0n) is 13.4. The summed E-state index contributed by atoms with van der Waals surface area (Å²) in [4.78, 5) is 7.72. The molecule has 0 aromatic carbocycles. The number of morpholine rings is 2. The minimum atomic E-state index is 0.520. The zero-order chi connectivity index (χ0) is 14.4. The van der Waals surface area contributed by atoms with Crippen LogP contribution >= 0.6 is 0 Å². The molecule has 2 saturated heterocycles. The van der Waals surface area contributed by atoms with Gasteiger partial charge < -0.3 is 9.47 Å². The third kappa shape index (κ3) is 3.92. The van der Waals surface area contributed by atoms with Gasteiger partial charge in [-0.2, -0.15) is 0 Å². The van der Waals surface area contributed by atoms with Gasteiger partial charge in [0.15, 0.2) is 0 Å². The van der Waals surface area contributed by atoms with Crippen LogP contribution in [0.1, 0.15) is 26.7 Å². The number of hydrogen-bond donors (Lipinski definition) is 0. The second-order valence-electron chi connectivity index (χ2n) is 5.74. The highest BCUT2D eigenvalue weighted by molar-refractivity contribution is 4.79. The fourth-order valence-electron chi connectivity index (χ4n) is 3.56. The minimum Gasteiger partial charge on any atom is -0.379 e. The molecule has 2 atom stereocenters. The van der Waals surface area contributed by atoms with E-state index in [4.69, 9.17) is 9.47 Å². The molecule has 5 nitrogen and oxygen atoms in total. The van der Waals surface area contributed by atoms with Crippen molar-refractivity contribution in [2.75, 3.05) is 59.7 Å². The predicted molar refractivity (Wildman–Crippen MR) is 80.7 cm³/mol. The van der Waals surface area contributed by atoms with Crippen LogP contribution in [0.25, 0.3) is 0 Å². The van der Waals surface area contributed by atoms with E-state index in [1.54, 1.807) is 0 Å². The van der Waals surface area contributed by atoms with E-state index in [0.29, 0.717) is 12.3 Å². The lowest BCUT2D eigenvalue weighted by Gasteiger charge is -2.46. The normalized spacial score (nSPS) is 25.8. The molecule has 2 aliphatic rings.